The van der Waals surface area contributed by atoms with E-state index in [9.17, 15) is 0 Å². The summed E-state index contributed by atoms with van der Waals surface area (Å²) < 4.78 is 0. The van der Waals surface area contributed by atoms with E-state index in [1.54, 1.807) is 0 Å². The molecule has 1 aliphatic rings. The Morgan fingerprint density at radius 2 is 1.81 bits per heavy atom. The van der Waals surface area contributed by atoms with Gasteiger partial charge in [0.25, 0.3) is 0 Å². The van der Waals surface area contributed by atoms with Crippen LogP contribution >= 0.6 is 0 Å². The summed E-state index contributed by atoms with van der Waals surface area (Å²) in [6.45, 7) is 2.10. The first kappa shape index (κ1) is 9.43. The summed E-state index contributed by atoms with van der Waals surface area (Å²) in [7, 11) is 0. The molecule has 1 atom stereocenters. The van der Waals surface area contributed by atoms with Crippen molar-refractivity contribution in [2.45, 2.75) is 13.2 Å². The van der Waals surface area contributed by atoms with Crippen LogP contribution in [0.2, 0.25) is 0 Å². The van der Waals surface area contributed by atoms with Gasteiger partial charge in [-0.1, -0.05) is 48.0 Å². The second-order valence-corrected chi connectivity index (χ2v) is 4.03. The Morgan fingerprint density at radius 3 is 2.56 bits per heavy atom. The SMILES string of the molecule is Cc1cccc(C2ON2c2ccccc2)c1. The van der Waals surface area contributed by atoms with Gasteiger partial charge in [-0.05, 0) is 19.1 Å². The van der Waals surface area contributed by atoms with Crippen molar-refractivity contribution in [2.75, 3.05) is 5.06 Å². The molecule has 1 heterocycles. The zero-order valence-electron chi connectivity index (χ0n) is 9.13. The van der Waals surface area contributed by atoms with E-state index in [-0.39, 0.29) is 6.23 Å². The highest BCUT2D eigenvalue weighted by atomic mass is 16.8. The Hall–Kier alpha value is -1.80. The summed E-state index contributed by atoms with van der Waals surface area (Å²) in [5.41, 5.74) is 3.58. The summed E-state index contributed by atoms with van der Waals surface area (Å²) in [5, 5.41) is 1.93. The molecule has 1 fully saturated rings. The van der Waals surface area contributed by atoms with Crippen molar-refractivity contribution >= 4 is 5.69 Å². The van der Waals surface area contributed by atoms with Gasteiger partial charge in [-0.25, -0.2) is 9.90 Å². The van der Waals surface area contributed by atoms with Gasteiger partial charge in [-0.3, -0.25) is 0 Å². The second kappa shape index (κ2) is 3.65. The summed E-state index contributed by atoms with van der Waals surface area (Å²) in [4.78, 5) is 5.58. The van der Waals surface area contributed by atoms with Crippen molar-refractivity contribution in [1.29, 1.82) is 0 Å². The number of aryl methyl sites for hydroxylation is 1. The third-order valence-corrected chi connectivity index (χ3v) is 2.72. The van der Waals surface area contributed by atoms with E-state index >= 15 is 0 Å². The molecular formula is C14H13NO. The normalized spacial score (nSPS) is 18.6. The van der Waals surface area contributed by atoms with Gasteiger partial charge < -0.3 is 0 Å². The van der Waals surface area contributed by atoms with Crippen LogP contribution in [0.1, 0.15) is 17.4 Å². The first-order valence-electron chi connectivity index (χ1n) is 5.42. The Bertz CT molecular complexity index is 495. The molecule has 0 amide bonds. The van der Waals surface area contributed by atoms with Crippen molar-refractivity contribution in [3.05, 3.63) is 65.7 Å². The molecule has 2 nitrogen and oxygen atoms in total. The topological polar surface area (TPSA) is 15.5 Å². The third-order valence-electron chi connectivity index (χ3n) is 2.72. The molecule has 0 spiro atoms. The molecule has 16 heavy (non-hydrogen) atoms. The number of para-hydroxylation sites is 1. The summed E-state index contributed by atoms with van der Waals surface area (Å²) in [6.07, 6.45) is 0.0855. The molecule has 0 aliphatic carbocycles. The lowest BCUT2D eigenvalue weighted by atomic mass is 10.1. The minimum Gasteiger partial charge on any atom is -0.238 e. The number of benzene rings is 2. The predicted molar refractivity (Wildman–Crippen MR) is 63.9 cm³/mol. The van der Waals surface area contributed by atoms with Gasteiger partial charge in [0.2, 0.25) is 6.23 Å². The van der Waals surface area contributed by atoms with Crippen LogP contribution in [0.3, 0.4) is 0 Å². The Balaban J connectivity index is 1.82. The van der Waals surface area contributed by atoms with Crippen LogP contribution in [-0.2, 0) is 4.84 Å². The van der Waals surface area contributed by atoms with E-state index < -0.39 is 0 Å². The van der Waals surface area contributed by atoms with E-state index in [0.29, 0.717) is 0 Å². The van der Waals surface area contributed by atoms with E-state index in [0.717, 1.165) is 5.69 Å². The zero-order valence-corrected chi connectivity index (χ0v) is 9.13. The first-order chi connectivity index (χ1) is 7.84. The van der Waals surface area contributed by atoms with Gasteiger partial charge >= 0.3 is 0 Å². The van der Waals surface area contributed by atoms with Crippen molar-refractivity contribution in [3.8, 4) is 0 Å². The molecule has 2 aromatic rings. The summed E-state index contributed by atoms with van der Waals surface area (Å²) in [5.74, 6) is 0. The molecule has 2 aromatic carbocycles. The van der Waals surface area contributed by atoms with Crippen LogP contribution in [0, 0.1) is 6.92 Å². The Labute approximate surface area is 95.0 Å². The Kier molecular flexibility index (Phi) is 2.15. The number of anilines is 1. The van der Waals surface area contributed by atoms with Crippen molar-refractivity contribution < 1.29 is 4.84 Å². The highest BCUT2D eigenvalue weighted by Crippen LogP contribution is 2.41. The molecule has 0 bridgehead atoms. The maximum absolute atomic E-state index is 5.58. The molecule has 0 aromatic heterocycles. The maximum atomic E-state index is 5.58. The fourth-order valence-electron chi connectivity index (χ4n) is 1.87. The van der Waals surface area contributed by atoms with Crippen molar-refractivity contribution in [2.24, 2.45) is 0 Å². The highest BCUT2D eigenvalue weighted by molar-refractivity contribution is 5.49. The fourth-order valence-corrected chi connectivity index (χ4v) is 1.87. The second-order valence-electron chi connectivity index (χ2n) is 4.03. The number of hydroxylamine groups is 1. The van der Waals surface area contributed by atoms with E-state index in [1.165, 1.54) is 11.1 Å². The first-order valence-corrected chi connectivity index (χ1v) is 5.42. The third kappa shape index (κ3) is 1.68. The molecule has 80 valence electrons. The molecule has 1 unspecified atom stereocenters. The van der Waals surface area contributed by atoms with Crippen molar-refractivity contribution in [1.82, 2.24) is 0 Å². The molecule has 1 aliphatic heterocycles. The van der Waals surface area contributed by atoms with E-state index in [2.05, 4.69) is 43.3 Å². The number of rotatable bonds is 2. The molecule has 3 rings (SSSR count). The predicted octanol–water partition coefficient (Wildman–Crippen LogP) is 3.45. The maximum Gasteiger partial charge on any atom is 0.206 e. The highest BCUT2D eigenvalue weighted by Gasteiger charge is 2.38. The van der Waals surface area contributed by atoms with Gasteiger partial charge in [0.1, 0.15) is 0 Å². The van der Waals surface area contributed by atoms with Crippen LogP contribution in [0.15, 0.2) is 54.6 Å². The minimum atomic E-state index is 0.0855. The summed E-state index contributed by atoms with van der Waals surface area (Å²) in [6, 6.07) is 18.6. The van der Waals surface area contributed by atoms with Crippen LogP contribution < -0.4 is 5.06 Å². The van der Waals surface area contributed by atoms with Crippen LogP contribution in [0.5, 0.6) is 0 Å². The van der Waals surface area contributed by atoms with E-state index in [4.69, 9.17) is 4.84 Å². The van der Waals surface area contributed by atoms with Gasteiger partial charge in [-0.15, -0.1) is 0 Å². The molecule has 2 heteroatoms. The lowest BCUT2D eigenvalue weighted by Crippen LogP contribution is -1.93. The molecular weight excluding hydrogens is 198 g/mol. The van der Waals surface area contributed by atoms with Crippen molar-refractivity contribution in [3.63, 3.8) is 0 Å². The molecule has 0 radical (unpaired) electrons. The lowest BCUT2D eigenvalue weighted by Gasteiger charge is -2.00. The van der Waals surface area contributed by atoms with Gasteiger partial charge in [0.15, 0.2) is 0 Å². The largest absolute Gasteiger partial charge is 0.238 e. The zero-order chi connectivity index (χ0) is 11.0. The summed E-state index contributed by atoms with van der Waals surface area (Å²) >= 11 is 0. The van der Waals surface area contributed by atoms with Gasteiger partial charge in [0, 0.05) is 5.56 Å². The number of hydrogen-bond donors (Lipinski definition) is 0. The molecule has 1 saturated heterocycles. The van der Waals surface area contributed by atoms with Crippen LogP contribution in [0.25, 0.3) is 0 Å². The van der Waals surface area contributed by atoms with Crippen LogP contribution in [-0.4, -0.2) is 0 Å². The minimum absolute atomic E-state index is 0.0855. The fraction of sp³-hybridized carbons (Fsp3) is 0.143. The smallest absolute Gasteiger partial charge is 0.206 e. The standard InChI is InChI=1S/C14H13NO/c1-11-6-5-7-12(10-11)14-15(16-14)13-8-3-2-4-9-13/h2-10,14H,1H3. The molecule has 0 N–H and O–H groups in total. The monoisotopic (exact) mass is 211 g/mol. The number of hydrogen-bond acceptors (Lipinski definition) is 2. The lowest BCUT2D eigenvalue weighted by molar-refractivity contribution is 0.401. The average molecular weight is 211 g/mol. The quantitative estimate of drug-likeness (QED) is 0.707. The van der Waals surface area contributed by atoms with Crippen LogP contribution in [0.4, 0.5) is 5.69 Å². The van der Waals surface area contributed by atoms with Gasteiger partial charge in [0.05, 0.1) is 5.69 Å². The number of nitrogens with zero attached hydrogens (tertiary/aromatic N) is 1. The average Bonchev–Trinajstić information content (AvgIpc) is 3.10. The van der Waals surface area contributed by atoms with E-state index in [1.807, 2.05) is 23.3 Å². The van der Waals surface area contributed by atoms with Gasteiger partial charge in [-0.2, -0.15) is 0 Å². The Morgan fingerprint density at radius 1 is 1.00 bits per heavy atom. The molecule has 0 saturated carbocycles.